The first kappa shape index (κ1) is 28.3. The minimum Gasteiger partial charge on any atom is -0.337 e. The maximum absolute atomic E-state index is 3.18. The third kappa shape index (κ3) is 7.00. The van der Waals surface area contributed by atoms with Crippen molar-refractivity contribution in [3.8, 4) is 0 Å². The number of nitrogens with zero attached hydrogens (tertiary/aromatic N) is 2. The van der Waals surface area contributed by atoms with Gasteiger partial charge in [0.2, 0.25) is 0 Å². The van der Waals surface area contributed by atoms with Crippen molar-refractivity contribution in [1.82, 2.24) is 0 Å². The molecule has 2 atom stereocenters. The molecule has 3 aromatic carbocycles. The molecule has 43 heavy (non-hydrogen) atoms. The van der Waals surface area contributed by atoms with Crippen LogP contribution in [0.1, 0.15) is 43.2 Å². The second-order valence-electron chi connectivity index (χ2n) is 11.7. The molecule has 0 N–H and O–H groups in total. The largest absolute Gasteiger partial charge is 0.337 e. The van der Waals surface area contributed by atoms with E-state index in [0.29, 0.717) is 11.8 Å². The van der Waals surface area contributed by atoms with E-state index in [1.54, 1.807) is 0 Å². The van der Waals surface area contributed by atoms with E-state index in [4.69, 9.17) is 0 Å². The Labute approximate surface area is 257 Å². The second-order valence-corrected chi connectivity index (χ2v) is 11.7. The molecule has 2 unspecified atom stereocenters. The van der Waals surface area contributed by atoms with Gasteiger partial charge in [-0.3, -0.25) is 0 Å². The first-order valence-electron chi connectivity index (χ1n) is 15.5. The molecule has 0 fully saturated rings. The Morgan fingerprint density at radius 2 is 1.65 bits per heavy atom. The van der Waals surface area contributed by atoms with Gasteiger partial charge in [-0.15, -0.1) is 5.73 Å². The summed E-state index contributed by atoms with van der Waals surface area (Å²) < 4.78 is 0. The fraction of sp³-hybridized carbons (Fsp3) is 0.195. The van der Waals surface area contributed by atoms with E-state index in [-0.39, 0.29) is 0 Å². The molecule has 3 aromatic rings. The minimum absolute atomic E-state index is 0.351. The maximum Gasteiger partial charge on any atom is 0.0478 e. The summed E-state index contributed by atoms with van der Waals surface area (Å²) in [4.78, 5) is 4.77. The summed E-state index contributed by atoms with van der Waals surface area (Å²) in [7, 11) is 0. The van der Waals surface area contributed by atoms with Crippen molar-refractivity contribution in [2.75, 3.05) is 16.3 Å². The molecule has 0 heterocycles. The lowest BCUT2D eigenvalue weighted by atomic mass is 9.91. The van der Waals surface area contributed by atoms with Crippen LogP contribution in [0.4, 0.5) is 17.1 Å². The summed E-state index contributed by atoms with van der Waals surface area (Å²) >= 11 is 0. The molecule has 3 aliphatic carbocycles. The Morgan fingerprint density at radius 3 is 2.44 bits per heavy atom. The molecule has 0 aromatic heterocycles. The van der Waals surface area contributed by atoms with Crippen molar-refractivity contribution in [3.05, 3.63) is 180 Å². The van der Waals surface area contributed by atoms with Crippen molar-refractivity contribution in [3.63, 3.8) is 0 Å². The van der Waals surface area contributed by atoms with Crippen LogP contribution in [0.2, 0.25) is 0 Å². The molecular formula is C41H40N2. The van der Waals surface area contributed by atoms with Crippen molar-refractivity contribution < 1.29 is 0 Å². The highest BCUT2D eigenvalue weighted by atomic mass is 15.1. The van der Waals surface area contributed by atoms with Crippen LogP contribution >= 0.6 is 0 Å². The van der Waals surface area contributed by atoms with Gasteiger partial charge in [0, 0.05) is 40.9 Å². The molecule has 6 rings (SSSR count). The molecule has 0 spiro atoms. The van der Waals surface area contributed by atoms with Crippen LogP contribution in [0.15, 0.2) is 168 Å². The standard InChI is InChI=1S/C41H40N2/c1-32-13-10-11-15-34(29-32)31-42(37-16-8-5-9-17-37)38-25-21-35(22-26-38)36-23-27-40(28-24-36)43(39-18-6-3-4-7-19-39)41-20-12-14-33(2)30-41/h3,5-9,11-12,14-21,23-30,32,35H,10,13,22,31H2,1-2H3. The number of rotatable bonds is 8. The Hall–Kier alpha value is -4.78. The van der Waals surface area contributed by atoms with Crippen LogP contribution in [0.3, 0.4) is 0 Å². The molecule has 3 aliphatic rings. The normalized spacial score (nSPS) is 19.3. The summed E-state index contributed by atoms with van der Waals surface area (Å²) in [5.74, 6) is 0.958. The quantitative estimate of drug-likeness (QED) is 0.253. The fourth-order valence-electron chi connectivity index (χ4n) is 6.06. The first-order chi connectivity index (χ1) is 21.1. The number of hydrogen-bond donors (Lipinski definition) is 0. The van der Waals surface area contributed by atoms with Crippen LogP contribution < -0.4 is 9.80 Å². The molecule has 0 saturated carbocycles. The Morgan fingerprint density at radius 1 is 0.814 bits per heavy atom. The average Bonchev–Trinajstić information content (AvgIpc) is 3.43. The molecule has 0 aliphatic heterocycles. The maximum atomic E-state index is 3.18. The third-order valence-electron chi connectivity index (χ3n) is 8.33. The predicted molar refractivity (Wildman–Crippen MR) is 184 cm³/mol. The lowest BCUT2D eigenvalue weighted by Crippen LogP contribution is -2.25. The molecular weight excluding hydrogens is 520 g/mol. The zero-order valence-corrected chi connectivity index (χ0v) is 25.2. The van der Waals surface area contributed by atoms with Gasteiger partial charge in [-0.1, -0.05) is 85.8 Å². The van der Waals surface area contributed by atoms with Gasteiger partial charge in [0.05, 0.1) is 0 Å². The first-order valence-corrected chi connectivity index (χ1v) is 15.5. The highest BCUT2D eigenvalue weighted by Gasteiger charge is 2.19. The van der Waals surface area contributed by atoms with Crippen molar-refractivity contribution in [2.45, 2.75) is 39.0 Å². The Balaban J connectivity index is 1.23. The van der Waals surface area contributed by atoms with Gasteiger partial charge in [0.1, 0.15) is 0 Å². The van der Waals surface area contributed by atoms with Gasteiger partial charge in [-0.2, -0.15) is 0 Å². The summed E-state index contributed by atoms with van der Waals surface area (Å²) in [5.41, 5.74) is 13.1. The summed E-state index contributed by atoms with van der Waals surface area (Å²) in [6.07, 6.45) is 27.8. The van der Waals surface area contributed by atoms with E-state index < -0.39 is 0 Å². The van der Waals surface area contributed by atoms with Crippen molar-refractivity contribution in [1.29, 1.82) is 0 Å². The zero-order valence-electron chi connectivity index (χ0n) is 25.2. The van der Waals surface area contributed by atoms with Crippen LogP contribution in [-0.2, 0) is 0 Å². The van der Waals surface area contributed by atoms with Gasteiger partial charge in [0.25, 0.3) is 0 Å². The van der Waals surface area contributed by atoms with Gasteiger partial charge >= 0.3 is 0 Å². The molecule has 0 radical (unpaired) electrons. The topological polar surface area (TPSA) is 6.48 Å². The molecule has 0 amide bonds. The summed E-state index contributed by atoms with van der Waals surface area (Å²) in [5, 5.41) is 0. The summed E-state index contributed by atoms with van der Waals surface area (Å²) in [6.45, 7) is 5.35. The van der Waals surface area contributed by atoms with E-state index in [2.05, 4.69) is 157 Å². The highest BCUT2D eigenvalue weighted by Crippen LogP contribution is 2.35. The highest BCUT2D eigenvalue weighted by molar-refractivity contribution is 5.71. The third-order valence-corrected chi connectivity index (χ3v) is 8.33. The number of benzene rings is 3. The van der Waals surface area contributed by atoms with Gasteiger partial charge in [-0.25, -0.2) is 0 Å². The van der Waals surface area contributed by atoms with Crippen LogP contribution in [0.25, 0.3) is 0 Å². The Kier molecular flexibility index (Phi) is 8.88. The fourth-order valence-corrected chi connectivity index (χ4v) is 6.06. The molecule has 2 heteroatoms. The molecule has 0 bridgehead atoms. The lowest BCUT2D eigenvalue weighted by molar-refractivity contribution is 0.659. The van der Waals surface area contributed by atoms with Crippen LogP contribution in [-0.4, -0.2) is 6.54 Å². The van der Waals surface area contributed by atoms with E-state index >= 15 is 0 Å². The number of aryl methyl sites for hydroxylation is 1. The van der Waals surface area contributed by atoms with E-state index in [0.717, 1.165) is 36.5 Å². The number of para-hydroxylation sites is 1. The minimum atomic E-state index is 0.351. The second kappa shape index (κ2) is 13.5. The number of allylic oxidation sites excluding steroid dienone is 9. The predicted octanol–water partition coefficient (Wildman–Crippen LogP) is 10.6. The Bertz CT molecular complexity index is 1670. The number of anilines is 3. The van der Waals surface area contributed by atoms with Gasteiger partial charge in [0.15, 0.2) is 0 Å². The monoisotopic (exact) mass is 560 g/mol. The zero-order chi connectivity index (χ0) is 29.4. The average molecular weight is 561 g/mol. The smallest absolute Gasteiger partial charge is 0.0478 e. The van der Waals surface area contributed by atoms with Gasteiger partial charge in [-0.05, 0) is 116 Å². The molecule has 0 saturated heterocycles. The molecule has 214 valence electrons. The van der Waals surface area contributed by atoms with Crippen LogP contribution in [0.5, 0.6) is 0 Å². The lowest BCUT2D eigenvalue weighted by Gasteiger charge is -2.30. The van der Waals surface area contributed by atoms with E-state index in [1.807, 2.05) is 18.2 Å². The van der Waals surface area contributed by atoms with Crippen LogP contribution in [0, 0.1) is 12.8 Å². The van der Waals surface area contributed by atoms with Crippen molar-refractivity contribution in [2.24, 2.45) is 5.92 Å². The molecule has 2 nitrogen and oxygen atoms in total. The van der Waals surface area contributed by atoms with E-state index in [9.17, 15) is 0 Å². The van der Waals surface area contributed by atoms with Crippen molar-refractivity contribution >= 4 is 17.1 Å². The van der Waals surface area contributed by atoms with E-state index in [1.165, 1.54) is 34.5 Å². The van der Waals surface area contributed by atoms with Gasteiger partial charge < -0.3 is 9.80 Å². The SMILES string of the molecule is Cc1cccc(N(C2=CC=C=CC=C2)c2ccc(C3C=CC(N(CC4=CC(C)CCC=C4)c4ccccc4)=CC3)cc2)c1. The number of hydrogen-bond acceptors (Lipinski definition) is 2. The summed E-state index contributed by atoms with van der Waals surface area (Å²) in [6, 6.07) is 28.6.